The van der Waals surface area contributed by atoms with Gasteiger partial charge in [-0.05, 0) is 37.6 Å². The average molecular weight is 335 g/mol. The normalized spacial score (nSPS) is 12.0. The smallest absolute Gasteiger partial charge is 0.274 e. The van der Waals surface area contributed by atoms with Gasteiger partial charge in [-0.1, -0.05) is 6.92 Å². The molecule has 5 nitrogen and oxygen atoms in total. The fraction of sp³-hybridized carbons (Fsp3) is 0.353. The highest BCUT2D eigenvalue weighted by Crippen LogP contribution is 2.23. The van der Waals surface area contributed by atoms with Crippen LogP contribution in [0.5, 0.6) is 0 Å². The lowest BCUT2D eigenvalue weighted by Gasteiger charge is -2.25. The van der Waals surface area contributed by atoms with Gasteiger partial charge in [-0.2, -0.15) is 5.10 Å². The minimum Gasteiger partial charge on any atom is -0.333 e. The second kappa shape index (κ2) is 7.33. The zero-order valence-corrected chi connectivity index (χ0v) is 13.8. The predicted octanol–water partition coefficient (Wildman–Crippen LogP) is 2.76. The van der Waals surface area contributed by atoms with Crippen molar-refractivity contribution in [1.82, 2.24) is 14.7 Å². The molecule has 0 aliphatic heterocycles. The summed E-state index contributed by atoms with van der Waals surface area (Å²) in [4.78, 5) is 25.5. The molecular weight excluding hydrogens is 316 g/mol. The average Bonchev–Trinajstić information content (AvgIpc) is 2.57. The first-order chi connectivity index (χ1) is 11.3. The van der Waals surface area contributed by atoms with Crippen LogP contribution in [0.15, 0.2) is 35.1 Å². The fourth-order valence-electron chi connectivity index (χ4n) is 2.33. The first-order valence-corrected chi connectivity index (χ1v) is 7.65. The standard InChI is InChI=1S/C17H19F2N3O2/c1-4-9-22-16(23)8-7-15(20-22)17(24)21(3)11(2)13-10-12(18)5-6-14(13)19/h5-8,10-11H,4,9H2,1-3H3. The summed E-state index contributed by atoms with van der Waals surface area (Å²) in [5, 5.41) is 4.04. The van der Waals surface area contributed by atoms with Crippen molar-refractivity contribution in [2.45, 2.75) is 32.9 Å². The van der Waals surface area contributed by atoms with Gasteiger partial charge >= 0.3 is 0 Å². The molecule has 1 aromatic carbocycles. The minimum absolute atomic E-state index is 0.0766. The summed E-state index contributed by atoms with van der Waals surface area (Å²) in [6.07, 6.45) is 0.700. The second-order valence-corrected chi connectivity index (χ2v) is 5.54. The van der Waals surface area contributed by atoms with Crippen LogP contribution in [0.2, 0.25) is 0 Å². The molecule has 0 radical (unpaired) electrons. The topological polar surface area (TPSA) is 55.2 Å². The molecule has 2 rings (SSSR count). The molecule has 0 saturated carbocycles. The second-order valence-electron chi connectivity index (χ2n) is 5.54. The summed E-state index contributed by atoms with van der Waals surface area (Å²) in [6, 6.07) is 5.03. The van der Waals surface area contributed by atoms with E-state index in [0.29, 0.717) is 13.0 Å². The van der Waals surface area contributed by atoms with Crippen molar-refractivity contribution in [3.63, 3.8) is 0 Å². The maximum atomic E-state index is 13.9. The Labute approximate surface area is 138 Å². The monoisotopic (exact) mass is 335 g/mol. The number of benzene rings is 1. The van der Waals surface area contributed by atoms with Crippen LogP contribution in [-0.4, -0.2) is 27.6 Å². The maximum Gasteiger partial charge on any atom is 0.274 e. The van der Waals surface area contributed by atoms with Gasteiger partial charge in [0.15, 0.2) is 0 Å². The van der Waals surface area contributed by atoms with Crippen LogP contribution in [0.4, 0.5) is 8.78 Å². The molecule has 0 N–H and O–H groups in total. The van der Waals surface area contributed by atoms with Crippen LogP contribution < -0.4 is 5.56 Å². The number of carbonyl (C=O) groups is 1. The summed E-state index contributed by atoms with van der Waals surface area (Å²) in [6.45, 7) is 3.89. The van der Waals surface area contributed by atoms with Gasteiger partial charge < -0.3 is 4.90 Å². The van der Waals surface area contributed by atoms with Crippen molar-refractivity contribution >= 4 is 5.91 Å². The van der Waals surface area contributed by atoms with E-state index >= 15 is 0 Å². The molecule has 1 amide bonds. The van der Waals surface area contributed by atoms with Crippen molar-refractivity contribution in [1.29, 1.82) is 0 Å². The summed E-state index contributed by atoms with van der Waals surface area (Å²) in [5.74, 6) is -1.64. The van der Waals surface area contributed by atoms with E-state index in [1.54, 1.807) is 6.92 Å². The van der Waals surface area contributed by atoms with Crippen LogP contribution in [0.1, 0.15) is 42.4 Å². The molecule has 24 heavy (non-hydrogen) atoms. The summed E-state index contributed by atoms with van der Waals surface area (Å²) in [5.41, 5.74) is -0.137. The Morgan fingerprint density at radius 1 is 1.29 bits per heavy atom. The molecule has 0 aliphatic carbocycles. The van der Waals surface area contributed by atoms with Crippen LogP contribution in [0.25, 0.3) is 0 Å². The lowest BCUT2D eigenvalue weighted by molar-refractivity contribution is 0.0731. The van der Waals surface area contributed by atoms with Gasteiger partial charge in [0.1, 0.15) is 17.3 Å². The molecule has 1 aromatic heterocycles. The molecule has 0 saturated heterocycles. The van der Waals surface area contributed by atoms with Gasteiger partial charge in [-0.25, -0.2) is 13.5 Å². The highest BCUT2D eigenvalue weighted by molar-refractivity contribution is 5.92. The third-order valence-corrected chi connectivity index (χ3v) is 3.83. The molecule has 1 heterocycles. The SMILES string of the molecule is CCCn1nc(C(=O)N(C)C(C)c2cc(F)ccc2F)ccc1=O. The van der Waals surface area contributed by atoms with E-state index in [1.807, 2.05) is 6.92 Å². The van der Waals surface area contributed by atoms with Gasteiger partial charge in [0.2, 0.25) is 0 Å². The molecule has 0 spiro atoms. The third kappa shape index (κ3) is 3.67. The molecule has 0 aliphatic rings. The van der Waals surface area contributed by atoms with Gasteiger partial charge in [-0.15, -0.1) is 0 Å². The Hall–Kier alpha value is -2.57. The molecule has 1 unspecified atom stereocenters. The zero-order chi connectivity index (χ0) is 17.9. The largest absolute Gasteiger partial charge is 0.333 e. The van der Waals surface area contributed by atoms with E-state index in [2.05, 4.69) is 5.10 Å². The van der Waals surface area contributed by atoms with E-state index in [-0.39, 0.29) is 16.8 Å². The van der Waals surface area contributed by atoms with Crippen LogP contribution in [-0.2, 0) is 6.54 Å². The van der Waals surface area contributed by atoms with E-state index in [0.717, 1.165) is 18.2 Å². The van der Waals surface area contributed by atoms with Crippen molar-refractivity contribution < 1.29 is 13.6 Å². The molecule has 1 atom stereocenters. The number of nitrogens with zero attached hydrogens (tertiary/aromatic N) is 3. The minimum atomic E-state index is -0.693. The predicted molar refractivity (Wildman–Crippen MR) is 85.7 cm³/mol. The number of hydrogen-bond donors (Lipinski definition) is 0. The molecule has 2 aromatic rings. The van der Waals surface area contributed by atoms with Gasteiger partial charge in [0.05, 0.1) is 6.04 Å². The first-order valence-electron chi connectivity index (χ1n) is 7.65. The first kappa shape index (κ1) is 17.8. The number of hydrogen-bond acceptors (Lipinski definition) is 3. The quantitative estimate of drug-likeness (QED) is 0.844. The summed E-state index contributed by atoms with van der Waals surface area (Å²) in [7, 11) is 1.48. The van der Waals surface area contributed by atoms with E-state index in [4.69, 9.17) is 0 Å². The fourth-order valence-corrected chi connectivity index (χ4v) is 2.33. The van der Waals surface area contributed by atoms with Crippen LogP contribution >= 0.6 is 0 Å². The summed E-state index contributed by atoms with van der Waals surface area (Å²) >= 11 is 0. The molecule has 0 bridgehead atoms. The molecule has 128 valence electrons. The number of aromatic nitrogens is 2. The number of halogens is 2. The van der Waals surface area contributed by atoms with Crippen molar-refractivity contribution in [3.8, 4) is 0 Å². The Bertz CT molecular complexity index is 805. The van der Waals surface area contributed by atoms with Gasteiger partial charge in [0.25, 0.3) is 11.5 Å². The van der Waals surface area contributed by atoms with Crippen molar-refractivity contribution in [3.05, 3.63) is 63.6 Å². The van der Waals surface area contributed by atoms with Gasteiger partial charge in [-0.3, -0.25) is 9.59 Å². The molecule has 7 heteroatoms. The molecule has 0 fully saturated rings. The highest BCUT2D eigenvalue weighted by atomic mass is 19.1. The highest BCUT2D eigenvalue weighted by Gasteiger charge is 2.23. The van der Waals surface area contributed by atoms with Crippen molar-refractivity contribution in [2.75, 3.05) is 7.05 Å². The number of carbonyl (C=O) groups excluding carboxylic acids is 1. The number of aryl methyl sites for hydroxylation is 1. The lowest BCUT2D eigenvalue weighted by Crippen LogP contribution is -2.33. The Morgan fingerprint density at radius 2 is 2.00 bits per heavy atom. The lowest BCUT2D eigenvalue weighted by atomic mass is 10.1. The maximum absolute atomic E-state index is 13.9. The Morgan fingerprint density at radius 3 is 2.67 bits per heavy atom. The van der Waals surface area contributed by atoms with E-state index in [9.17, 15) is 18.4 Å². The van der Waals surface area contributed by atoms with E-state index in [1.165, 1.54) is 28.8 Å². The number of rotatable bonds is 5. The Kier molecular flexibility index (Phi) is 5.43. The zero-order valence-electron chi connectivity index (χ0n) is 13.8. The van der Waals surface area contributed by atoms with Gasteiger partial charge in [0, 0.05) is 25.2 Å². The van der Waals surface area contributed by atoms with Crippen LogP contribution in [0, 0.1) is 11.6 Å². The van der Waals surface area contributed by atoms with Crippen LogP contribution in [0.3, 0.4) is 0 Å². The third-order valence-electron chi connectivity index (χ3n) is 3.83. The number of amides is 1. The Balaban J connectivity index is 2.30. The summed E-state index contributed by atoms with van der Waals surface area (Å²) < 4.78 is 28.5. The molecular formula is C17H19F2N3O2. The van der Waals surface area contributed by atoms with Crippen molar-refractivity contribution in [2.24, 2.45) is 0 Å². The van der Waals surface area contributed by atoms with E-state index < -0.39 is 23.6 Å².